The number of fused-ring (bicyclic) bond motifs is 2. The number of nitrogens with zero attached hydrogens (tertiary/aromatic N) is 1. The summed E-state index contributed by atoms with van der Waals surface area (Å²) in [6.07, 6.45) is 0.632. The predicted molar refractivity (Wildman–Crippen MR) is 141 cm³/mol. The number of nitrogens with one attached hydrogen (secondary N) is 1. The van der Waals surface area contributed by atoms with Gasteiger partial charge in [0.2, 0.25) is 0 Å². The molecule has 6 rings (SSSR count). The summed E-state index contributed by atoms with van der Waals surface area (Å²) in [5, 5.41) is 4.84. The average Bonchev–Trinajstić information content (AvgIpc) is 3.36. The number of amides is 2. The first-order valence-corrected chi connectivity index (χ1v) is 12.1. The molecule has 5 nitrogen and oxygen atoms in total. The van der Waals surface area contributed by atoms with Crippen LogP contribution in [0, 0.1) is 5.82 Å². The highest BCUT2D eigenvalue weighted by Gasteiger charge is 2.26. The first-order chi connectivity index (χ1) is 18.0. The lowest BCUT2D eigenvalue weighted by atomic mass is 10.0. The van der Waals surface area contributed by atoms with Crippen molar-refractivity contribution in [3.63, 3.8) is 0 Å². The highest BCUT2D eigenvalue weighted by atomic mass is 19.1. The Bertz CT molecular complexity index is 1630. The highest BCUT2D eigenvalue weighted by Crippen LogP contribution is 2.32. The molecular formula is C31H23FN2O3. The third-order valence-electron chi connectivity index (χ3n) is 6.69. The first kappa shape index (κ1) is 22.7. The molecule has 0 saturated heterocycles. The molecule has 4 aromatic carbocycles. The number of benzene rings is 4. The van der Waals surface area contributed by atoms with Crippen LogP contribution < -0.4 is 5.32 Å². The van der Waals surface area contributed by atoms with E-state index in [0.717, 1.165) is 27.7 Å². The summed E-state index contributed by atoms with van der Waals surface area (Å²) < 4.78 is 19.3. The molecule has 0 bridgehead atoms. The number of carbonyl (C=O) groups excluding carboxylic acids is 2. The monoisotopic (exact) mass is 490 g/mol. The number of hydrogen-bond acceptors (Lipinski definition) is 3. The third kappa shape index (κ3) is 4.49. The Balaban J connectivity index is 1.21. The predicted octanol–water partition coefficient (Wildman–Crippen LogP) is 6.69. The van der Waals surface area contributed by atoms with E-state index in [1.54, 1.807) is 6.07 Å². The molecule has 1 N–H and O–H groups in total. The van der Waals surface area contributed by atoms with Gasteiger partial charge in [-0.1, -0.05) is 48.5 Å². The second kappa shape index (κ2) is 9.39. The SMILES string of the molecule is O=C(Nc1cccc(-c2cc3c(o2)CCN(C(=O)c2cccc4ccccc24)C3)c1)c1ccc(F)cc1. The molecule has 0 aliphatic carbocycles. The molecule has 1 aromatic heterocycles. The summed E-state index contributed by atoms with van der Waals surface area (Å²) in [5.41, 5.74) is 3.48. The average molecular weight is 491 g/mol. The van der Waals surface area contributed by atoms with E-state index in [4.69, 9.17) is 4.42 Å². The van der Waals surface area contributed by atoms with Crippen LogP contribution in [-0.2, 0) is 13.0 Å². The normalized spacial score (nSPS) is 12.8. The van der Waals surface area contributed by atoms with Crippen LogP contribution >= 0.6 is 0 Å². The van der Waals surface area contributed by atoms with Crippen LogP contribution in [0.1, 0.15) is 32.0 Å². The van der Waals surface area contributed by atoms with Crippen molar-refractivity contribution in [2.45, 2.75) is 13.0 Å². The van der Waals surface area contributed by atoms with Crippen LogP contribution in [0.15, 0.2) is 101 Å². The van der Waals surface area contributed by atoms with E-state index in [0.29, 0.717) is 42.1 Å². The lowest BCUT2D eigenvalue weighted by molar-refractivity contribution is 0.0732. The van der Waals surface area contributed by atoms with Gasteiger partial charge >= 0.3 is 0 Å². The van der Waals surface area contributed by atoms with Gasteiger partial charge < -0.3 is 14.6 Å². The lowest BCUT2D eigenvalue weighted by Gasteiger charge is -2.26. The van der Waals surface area contributed by atoms with Crippen molar-refractivity contribution in [3.05, 3.63) is 125 Å². The molecule has 1 aliphatic heterocycles. The molecule has 37 heavy (non-hydrogen) atoms. The molecule has 2 heterocycles. The molecule has 0 saturated carbocycles. The van der Waals surface area contributed by atoms with Gasteiger partial charge in [-0.25, -0.2) is 4.39 Å². The molecule has 0 fully saturated rings. The van der Waals surface area contributed by atoms with Gasteiger partial charge in [-0.3, -0.25) is 9.59 Å². The number of rotatable bonds is 4. The van der Waals surface area contributed by atoms with E-state index in [1.165, 1.54) is 24.3 Å². The molecule has 1 aliphatic rings. The minimum Gasteiger partial charge on any atom is -0.461 e. The van der Waals surface area contributed by atoms with Gasteiger partial charge in [-0.05, 0) is 59.3 Å². The van der Waals surface area contributed by atoms with Crippen LogP contribution in [-0.4, -0.2) is 23.3 Å². The maximum atomic E-state index is 13.4. The van der Waals surface area contributed by atoms with E-state index in [-0.39, 0.29) is 11.8 Å². The van der Waals surface area contributed by atoms with E-state index < -0.39 is 5.82 Å². The Labute approximate surface area is 213 Å². The van der Waals surface area contributed by atoms with Crippen molar-refractivity contribution in [1.29, 1.82) is 0 Å². The quantitative estimate of drug-likeness (QED) is 0.305. The van der Waals surface area contributed by atoms with Gasteiger partial charge in [0.15, 0.2) is 0 Å². The van der Waals surface area contributed by atoms with Gasteiger partial charge in [-0.2, -0.15) is 0 Å². The maximum absolute atomic E-state index is 13.4. The minimum atomic E-state index is -0.391. The van der Waals surface area contributed by atoms with E-state index in [1.807, 2.05) is 71.6 Å². The van der Waals surface area contributed by atoms with Crippen LogP contribution in [0.3, 0.4) is 0 Å². The van der Waals surface area contributed by atoms with Gasteiger partial charge in [0.05, 0.1) is 0 Å². The van der Waals surface area contributed by atoms with E-state index in [9.17, 15) is 14.0 Å². The number of anilines is 1. The van der Waals surface area contributed by atoms with Crippen LogP contribution in [0.25, 0.3) is 22.1 Å². The summed E-state index contributed by atoms with van der Waals surface area (Å²) in [4.78, 5) is 27.8. The molecular weight excluding hydrogens is 467 g/mol. The molecule has 182 valence electrons. The fraction of sp³-hybridized carbons (Fsp3) is 0.0968. The molecule has 0 radical (unpaired) electrons. The Hall–Kier alpha value is -4.71. The van der Waals surface area contributed by atoms with E-state index >= 15 is 0 Å². The second-order valence-electron chi connectivity index (χ2n) is 9.10. The maximum Gasteiger partial charge on any atom is 0.255 e. The molecule has 0 spiro atoms. The molecule has 5 aromatic rings. The lowest BCUT2D eigenvalue weighted by Crippen LogP contribution is -2.35. The summed E-state index contributed by atoms with van der Waals surface area (Å²) >= 11 is 0. The van der Waals surface area contributed by atoms with Crippen LogP contribution in [0.2, 0.25) is 0 Å². The first-order valence-electron chi connectivity index (χ1n) is 12.1. The van der Waals surface area contributed by atoms with Crippen LogP contribution in [0.5, 0.6) is 0 Å². The smallest absolute Gasteiger partial charge is 0.255 e. The number of halogens is 1. The molecule has 0 unspecified atom stereocenters. The summed E-state index contributed by atoms with van der Waals surface area (Å²) in [7, 11) is 0. The summed E-state index contributed by atoms with van der Waals surface area (Å²) in [6, 6.07) is 28.5. The largest absolute Gasteiger partial charge is 0.461 e. The Morgan fingerprint density at radius 1 is 0.865 bits per heavy atom. The standard InChI is InChI=1S/C31H23FN2O3/c32-24-13-11-21(12-14-24)30(35)33-25-8-3-7-22(17-25)29-18-23-19-34(16-15-28(23)37-29)31(36)27-10-4-6-20-5-1-2-9-26(20)27/h1-14,17-18H,15-16,19H2,(H,33,35). The van der Waals surface area contributed by atoms with Crippen molar-refractivity contribution >= 4 is 28.3 Å². The highest BCUT2D eigenvalue weighted by molar-refractivity contribution is 6.07. The van der Waals surface area contributed by atoms with Crippen molar-refractivity contribution in [2.75, 3.05) is 11.9 Å². The van der Waals surface area contributed by atoms with Crippen LogP contribution in [0.4, 0.5) is 10.1 Å². The Kier molecular flexibility index (Phi) is 5.77. The zero-order valence-electron chi connectivity index (χ0n) is 19.9. The van der Waals surface area contributed by atoms with Crippen molar-refractivity contribution in [1.82, 2.24) is 4.90 Å². The van der Waals surface area contributed by atoms with Gasteiger partial charge in [-0.15, -0.1) is 0 Å². The summed E-state index contributed by atoms with van der Waals surface area (Å²) in [6.45, 7) is 1.05. The number of carbonyl (C=O) groups is 2. The Morgan fingerprint density at radius 3 is 2.51 bits per heavy atom. The zero-order valence-corrected chi connectivity index (χ0v) is 19.9. The molecule has 2 amide bonds. The second-order valence-corrected chi connectivity index (χ2v) is 9.10. The topological polar surface area (TPSA) is 62.6 Å². The fourth-order valence-electron chi connectivity index (χ4n) is 4.79. The fourth-order valence-corrected chi connectivity index (χ4v) is 4.79. The molecule has 0 atom stereocenters. The zero-order chi connectivity index (χ0) is 25.4. The van der Waals surface area contributed by atoms with Crippen molar-refractivity contribution < 1.29 is 18.4 Å². The number of furan rings is 1. The minimum absolute atomic E-state index is 0.00991. The Morgan fingerprint density at radius 2 is 1.65 bits per heavy atom. The van der Waals surface area contributed by atoms with Crippen molar-refractivity contribution in [3.8, 4) is 11.3 Å². The number of hydrogen-bond donors (Lipinski definition) is 1. The third-order valence-corrected chi connectivity index (χ3v) is 6.69. The van der Waals surface area contributed by atoms with E-state index in [2.05, 4.69) is 5.32 Å². The van der Waals surface area contributed by atoms with Gasteiger partial charge in [0, 0.05) is 47.5 Å². The van der Waals surface area contributed by atoms with Crippen molar-refractivity contribution in [2.24, 2.45) is 0 Å². The van der Waals surface area contributed by atoms with Gasteiger partial charge in [0.25, 0.3) is 11.8 Å². The molecule has 6 heteroatoms. The summed E-state index contributed by atoms with van der Waals surface area (Å²) in [5.74, 6) is 0.854. The van der Waals surface area contributed by atoms with Gasteiger partial charge in [0.1, 0.15) is 17.3 Å².